The average Bonchev–Trinajstić information content (AvgIpc) is 2.94. The smallest absolute Gasteiger partial charge is 0.217 e. The van der Waals surface area contributed by atoms with Crippen LogP contribution in [0.2, 0.25) is 5.02 Å². The topological polar surface area (TPSA) is 82.7 Å². The fraction of sp³-hybridized carbons (Fsp3) is 0.188. The lowest BCUT2D eigenvalue weighted by Crippen LogP contribution is -2.18. The molecule has 0 saturated heterocycles. The molecular formula is C16H16ClN5O. The van der Waals surface area contributed by atoms with Crippen LogP contribution in [0, 0.1) is 0 Å². The first-order chi connectivity index (χ1) is 11.1. The Kier molecular flexibility index (Phi) is 4.16. The van der Waals surface area contributed by atoms with E-state index in [9.17, 15) is 4.79 Å². The van der Waals surface area contributed by atoms with Crippen molar-refractivity contribution >= 4 is 34.2 Å². The molecule has 3 N–H and O–H groups in total. The summed E-state index contributed by atoms with van der Waals surface area (Å²) in [6.07, 6.45) is 3.34. The maximum Gasteiger partial charge on any atom is 0.217 e. The molecule has 118 valence electrons. The van der Waals surface area contributed by atoms with Crippen molar-refractivity contribution in [3.8, 4) is 11.3 Å². The molecule has 3 aromatic rings. The number of aromatic amines is 1. The van der Waals surface area contributed by atoms with Gasteiger partial charge in [0.15, 0.2) is 0 Å². The van der Waals surface area contributed by atoms with Crippen LogP contribution in [-0.2, 0) is 11.3 Å². The number of halogens is 1. The zero-order valence-corrected chi connectivity index (χ0v) is 13.5. The van der Waals surface area contributed by atoms with Gasteiger partial charge in [0, 0.05) is 36.1 Å². The van der Waals surface area contributed by atoms with Crippen molar-refractivity contribution in [2.24, 2.45) is 0 Å². The summed E-state index contributed by atoms with van der Waals surface area (Å²) >= 11 is 6.38. The second-order valence-corrected chi connectivity index (χ2v) is 5.57. The number of carbonyl (C=O) groups excluding carboxylic acids is 1. The summed E-state index contributed by atoms with van der Waals surface area (Å²) in [5.41, 5.74) is 3.36. The number of nitrogens with one attached hydrogen (secondary N) is 3. The van der Waals surface area contributed by atoms with Crippen LogP contribution in [0.25, 0.3) is 22.2 Å². The summed E-state index contributed by atoms with van der Waals surface area (Å²) < 4.78 is 0. The first-order valence-electron chi connectivity index (χ1n) is 7.12. The Morgan fingerprint density at radius 3 is 2.74 bits per heavy atom. The minimum atomic E-state index is -0.0673. The van der Waals surface area contributed by atoms with Crippen LogP contribution in [0.4, 0.5) is 5.82 Å². The molecule has 6 nitrogen and oxygen atoms in total. The van der Waals surface area contributed by atoms with Crippen molar-refractivity contribution in [3.63, 3.8) is 0 Å². The second kappa shape index (κ2) is 6.26. The number of fused-ring (bicyclic) bond motifs is 1. The van der Waals surface area contributed by atoms with E-state index in [0.717, 1.165) is 22.2 Å². The van der Waals surface area contributed by atoms with Crippen LogP contribution in [0.5, 0.6) is 0 Å². The minimum absolute atomic E-state index is 0.0673. The third-order valence-corrected chi connectivity index (χ3v) is 3.79. The lowest BCUT2D eigenvalue weighted by atomic mass is 10.1. The number of hydrogen-bond acceptors (Lipinski definition) is 4. The number of amides is 1. The van der Waals surface area contributed by atoms with Gasteiger partial charge in [-0.25, -0.2) is 4.98 Å². The van der Waals surface area contributed by atoms with Gasteiger partial charge in [-0.2, -0.15) is 0 Å². The van der Waals surface area contributed by atoms with Crippen molar-refractivity contribution in [2.45, 2.75) is 13.5 Å². The molecule has 2 aromatic heterocycles. The monoisotopic (exact) mass is 329 g/mol. The summed E-state index contributed by atoms with van der Waals surface area (Å²) in [6.45, 7) is 1.94. The van der Waals surface area contributed by atoms with Gasteiger partial charge in [0.2, 0.25) is 5.91 Å². The first-order valence-corrected chi connectivity index (χ1v) is 7.50. The average molecular weight is 330 g/mol. The summed E-state index contributed by atoms with van der Waals surface area (Å²) in [7, 11) is 1.79. The van der Waals surface area contributed by atoms with Gasteiger partial charge < -0.3 is 15.6 Å². The summed E-state index contributed by atoms with van der Waals surface area (Å²) in [5.74, 6) is 0.630. The Morgan fingerprint density at radius 1 is 1.26 bits per heavy atom. The quantitative estimate of drug-likeness (QED) is 0.687. The molecule has 0 atom stereocenters. The highest BCUT2D eigenvalue weighted by Gasteiger charge is 2.10. The molecule has 0 saturated carbocycles. The number of aromatic nitrogens is 3. The van der Waals surface area contributed by atoms with E-state index in [1.54, 1.807) is 19.4 Å². The van der Waals surface area contributed by atoms with Gasteiger partial charge >= 0.3 is 0 Å². The zero-order valence-electron chi connectivity index (χ0n) is 12.8. The van der Waals surface area contributed by atoms with E-state index in [1.807, 2.05) is 18.2 Å². The maximum atomic E-state index is 11.0. The molecule has 0 aliphatic rings. The molecule has 1 amide bonds. The molecule has 0 aliphatic heterocycles. The molecule has 0 spiro atoms. The van der Waals surface area contributed by atoms with Gasteiger partial charge in [-0.15, -0.1) is 0 Å². The third kappa shape index (κ3) is 3.27. The van der Waals surface area contributed by atoms with Crippen LogP contribution < -0.4 is 10.6 Å². The summed E-state index contributed by atoms with van der Waals surface area (Å²) in [6, 6.07) is 5.79. The van der Waals surface area contributed by atoms with Crippen molar-refractivity contribution in [1.29, 1.82) is 0 Å². The number of rotatable bonds is 4. The standard InChI is InChI=1S/C16H16ClN5O/c1-9(23)19-6-11-3-10-4-13(17)12(5-14(10)22-11)15-7-21-16(18-2)8-20-15/h3-5,7-8,22H,6H2,1-2H3,(H,18,21)(H,19,23). The van der Waals surface area contributed by atoms with Crippen LogP contribution in [0.1, 0.15) is 12.6 Å². The SMILES string of the molecule is CNc1cnc(-c2cc3[nH]c(CNC(C)=O)cc3cc2Cl)cn1. The number of hydrogen-bond donors (Lipinski definition) is 3. The molecule has 0 radical (unpaired) electrons. The minimum Gasteiger partial charge on any atom is -0.372 e. The fourth-order valence-corrected chi connectivity index (χ4v) is 2.59. The van der Waals surface area contributed by atoms with Gasteiger partial charge in [0.25, 0.3) is 0 Å². The number of H-pyrrole nitrogens is 1. The molecule has 0 unspecified atom stereocenters. The fourth-order valence-electron chi connectivity index (χ4n) is 2.32. The van der Waals surface area contributed by atoms with Crippen molar-refractivity contribution in [2.75, 3.05) is 12.4 Å². The van der Waals surface area contributed by atoms with E-state index in [2.05, 4.69) is 25.6 Å². The number of benzene rings is 1. The van der Waals surface area contributed by atoms with E-state index in [-0.39, 0.29) is 5.91 Å². The first kappa shape index (κ1) is 15.3. The van der Waals surface area contributed by atoms with E-state index in [1.165, 1.54) is 6.92 Å². The molecular weight excluding hydrogens is 314 g/mol. The second-order valence-electron chi connectivity index (χ2n) is 5.16. The summed E-state index contributed by atoms with van der Waals surface area (Å²) in [4.78, 5) is 22.9. The zero-order chi connectivity index (χ0) is 16.4. The largest absolute Gasteiger partial charge is 0.372 e. The lowest BCUT2D eigenvalue weighted by molar-refractivity contribution is -0.119. The Labute approximate surface area is 138 Å². The molecule has 2 heterocycles. The number of carbonyl (C=O) groups is 1. The molecule has 0 fully saturated rings. The Hall–Kier alpha value is -2.60. The highest BCUT2D eigenvalue weighted by Crippen LogP contribution is 2.31. The summed E-state index contributed by atoms with van der Waals surface area (Å²) in [5, 5.41) is 7.28. The highest BCUT2D eigenvalue weighted by molar-refractivity contribution is 6.34. The lowest BCUT2D eigenvalue weighted by Gasteiger charge is -2.05. The normalized spacial score (nSPS) is 10.7. The molecule has 1 aromatic carbocycles. The third-order valence-electron chi connectivity index (χ3n) is 3.48. The highest BCUT2D eigenvalue weighted by atomic mass is 35.5. The van der Waals surface area contributed by atoms with E-state index >= 15 is 0 Å². The van der Waals surface area contributed by atoms with Crippen LogP contribution >= 0.6 is 11.6 Å². The molecule has 3 rings (SSSR count). The predicted molar refractivity (Wildman–Crippen MR) is 91.4 cm³/mol. The van der Waals surface area contributed by atoms with Crippen LogP contribution in [-0.4, -0.2) is 27.9 Å². The van der Waals surface area contributed by atoms with E-state index in [4.69, 9.17) is 11.6 Å². The van der Waals surface area contributed by atoms with Crippen molar-refractivity contribution in [3.05, 3.63) is 41.3 Å². The van der Waals surface area contributed by atoms with Crippen molar-refractivity contribution in [1.82, 2.24) is 20.3 Å². The van der Waals surface area contributed by atoms with E-state index in [0.29, 0.717) is 23.1 Å². The van der Waals surface area contributed by atoms with Gasteiger partial charge in [-0.3, -0.25) is 9.78 Å². The number of nitrogens with zero attached hydrogens (tertiary/aromatic N) is 2. The predicted octanol–water partition coefficient (Wildman–Crippen LogP) is 2.96. The van der Waals surface area contributed by atoms with E-state index < -0.39 is 0 Å². The molecule has 0 aliphatic carbocycles. The molecule has 23 heavy (non-hydrogen) atoms. The van der Waals surface area contributed by atoms with Gasteiger partial charge in [-0.1, -0.05) is 11.6 Å². The van der Waals surface area contributed by atoms with Crippen molar-refractivity contribution < 1.29 is 4.79 Å². The molecule has 0 bridgehead atoms. The van der Waals surface area contributed by atoms with Crippen LogP contribution in [0.15, 0.2) is 30.6 Å². The Balaban J connectivity index is 1.97. The molecule has 7 heteroatoms. The Bertz CT molecular complexity index is 857. The van der Waals surface area contributed by atoms with Gasteiger partial charge in [0.1, 0.15) is 5.82 Å². The maximum absolute atomic E-state index is 11.0. The van der Waals surface area contributed by atoms with Crippen LogP contribution in [0.3, 0.4) is 0 Å². The van der Waals surface area contributed by atoms with Gasteiger partial charge in [-0.05, 0) is 18.2 Å². The Morgan fingerprint density at radius 2 is 2.09 bits per heavy atom. The number of anilines is 1. The van der Waals surface area contributed by atoms with Gasteiger partial charge in [0.05, 0.1) is 29.7 Å².